The van der Waals surface area contributed by atoms with Crippen LogP contribution in [0.15, 0.2) is 11.3 Å². The molecule has 96 valence electrons. The van der Waals surface area contributed by atoms with Gasteiger partial charge in [-0.1, -0.05) is 6.92 Å². The van der Waals surface area contributed by atoms with E-state index in [4.69, 9.17) is 0 Å². The lowest BCUT2D eigenvalue weighted by molar-refractivity contribution is 0.623. The molecule has 0 amide bonds. The van der Waals surface area contributed by atoms with E-state index in [1.807, 2.05) is 0 Å². The van der Waals surface area contributed by atoms with E-state index in [0.29, 0.717) is 6.04 Å². The number of aryl methyl sites for hydroxylation is 1. The Balaban J connectivity index is 2.36. The number of rotatable bonds is 5. The van der Waals surface area contributed by atoms with E-state index in [-0.39, 0.29) is 0 Å². The van der Waals surface area contributed by atoms with Crippen LogP contribution in [0.4, 0.5) is 0 Å². The highest BCUT2D eigenvalue weighted by Crippen LogP contribution is 1.94. The summed E-state index contributed by atoms with van der Waals surface area (Å²) in [4.78, 5) is 4.14. The SMILES string of the molecule is CCc1nncn1CCNC(=NC)NC(C)C. The van der Waals surface area contributed by atoms with E-state index in [1.165, 1.54) is 0 Å². The Kier molecular flexibility index (Phi) is 5.45. The second-order valence-electron chi connectivity index (χ2n) is 4.09. The summed E-state index contributed by atoms with van der Waals surface area (Å²) in [5.41, 5.74) is 0. The first-order valence-corrected chi connectivity index (χ1v) is 6.01. The van der Waals surface area contributed by atoms with Crippen LogP contribution in [0.5, 0.6) is 0 Å². The fourth-order valence-corrected chi connectivity index (χ4v) is 1.50. The molecule has 0 bridgehead atoms. The maximum Gasteiger partial charge on any atom is 0.191 e. The van der Waals surface area contributed by atoms with Crippen LogP contribution in [0.3, 0.4) is 0 Å². The Morgan fingerprint density at radius 3 is 2.88 bits per heavy atom. The number of aliphatic imine (C=N–C) groups is 1. The highest BCUT2D eigenvalue weighted by Gasteiger charge is 2.02. The lowest BCUT2D eigenvalue weighted by atomic mass is 10.4. The van der Waals surface area contributed by atoms with Crippen LogP contribution in [-0.4, -0.2) is 40.4 Å². The van der Waals surface area contributed by atoms with Gasteiger partial charge < -0.3 is 15.2 Å². The summed E-state index contributed by atoms with van der Waals surface area (Å²) in [6.45, 7) is 7.89. The van der Waals surface area contributed by atoms with Gasteiger partial charge in [0.15, 0.2) is 5.96 Å². The number of nitrogens with zero attached hydrogens (tertiary/aromatic N) is 4. The van der Waals surface area contributed by atoms with Gasteiger partial charge in [0.05, 0.1) is 0 Å². The summed E-state index contributed by atoms with van der Waals surface area (Å²) in [6.07, 6.45) is 2.66. The maximum absolute atomic E-state index is 4.14. The lowest BCUT2D eigenvalue weighted by Crippen LogP contribution is -2.42. The zero-order valence-electron chi connectivity index (χ0n) is 11.1. The molecule has 0 fully saturated rings. The van der Waals surface area contributed by atoms with Gasteiger partial charge in [-0.05, 0) is 13.8 Å². The van der Waals surface area contributed by atoms with Crippen LogP contribution in [0.1, 0.15) is 26.6 Å². The molecule has 0 saturated heterocycles. The second kappa shape index (κ2) is 6.88. The quantitative estimate of drug-likeness (QED) is 0.576. The molecule has 0 radical (unpaired) electrons. The van der Waals surface area contributed by atoms with E-state index in [0.717, 1.165) is 31.3 Å². The number of nitrogens with one attached hydrogen (secondary N) is 2. The van der Waals surface area contributed by atoms with Gasteiger partial charge in [-0.25, -0.2) is 0 Å². The largest absolute Gasteiger partial charge is 0.355 e. The van der Waals surface area contributed by atoms with Crippen molar-refractivity contribution in [3.05, 3.63) is 12.2 Å². The molecule has 0 spiro atoms. The van der Waals surface area contributed by atoms with Gasteiger partial charge in [0.25, 0.3) is 0 Å². The first-order valence-electron chi connectivity index (χ1n) is 6.01. The van der Waals surface area contributed by atoms with Gasteiger partial charge >= 0.3 is 0 Å². The smallest absolute Gasteiger partial charge is 0.191 e. The Morgan fingerprint density at radius 1 is 1.53 bits per heavy atom. The van der Waals surface area contributed by atoms with Crippen molar-refractivity contribution in [2.24, 2.45) is 4.99 Å². The minimum Gasteiger partial charge on any atom is -0.355 e. The van der Waals surface area contributed by atoms with Gasteiger partial charge in [0, 0.05) is 32.6 Å². The predicted octanol–water partition coefficient (Wildman–Crippen LogP) is 0.414. The topological polar surface area (TPSA) is 67.1 Å². The Morgan fingerprint density at radius 2 is 2.29 bits per heavy atom. The number of guanidine groups is 1. The third-order valence-electron chi connectivity index (χ3n) is 2.31. The highest BCUT2D eigenvalue weighted by molar-refractivity contribution is 5.79. The standard InChI is InChI=1S/C11H22N6/c1-5-10-16-14-8-17(10)7-6-13-11(12-4)15-9(2)3/h8-9H,5-7H2,1-4H3,(H2,12,13,15). The molecular formula is C11H22N6. The van der Waals surface area contributed by atoms with Crippen LogP contribution in [-0.2, 0) is 13.0 Å². The molecule has 0 unspecified atom stereocenters. The zero-order valence-corrected chi connectivity index (χ0v) is 11.1. The molecular weight excluding hydrogens is 216 g/mol. The maximum atomic E-state index is 4.14. The molecule has 1 rings (SSSR count). The summed E-state index contributed by atoms with van der Waals surface area (Å²) in [7, 11) is 1.77. The Bertz CT molecular complexity index is 355. The van der Waals surface area contributed by atoms with E-state index in [9.17, 15) is 0 Å². The minimum absolute atomic E-state index is 0.377. The van der Waals surface area contributed by atoms with E-state index in [1.54, 1.807) is 13.4 Å². The fourth-order valence-electron chi connectivity index (χ4n) is 1.50. The van der Waals surface area contributed by atoms with Gasteiger partial charge in [0.1, 0.15) is 12.2 Å². The molecule has 0 aromatic carbocycles. The molecule has 0 aliphatic carbocycles. The van der Waals surface area contributed by atoms with Crippen LogP contribution in [0.2, 0.25) is 0 Å². The van der Waals surface area contributed by atoms with E-state index in [2.05, 4.69) is 51.2 Å². The summed E-state index contributed by atoms with van der Waals surface area (Å²) in [5.74, 6) is 1.84. The molecule has 1 aromatic heterocycles. The van der Waals surface area contributed by atoms with Crippen molar-refractivity contribution in [2.75, 3.05) is 13.6 Å². The molecule has 17 heavy (non-hydrogen) atoms. The number of hydrogen-bond donors (Lipinski definition) is 2. The van der Waals surface area contributed by atoms with Gasteiger partial charge in [-0.3, -0.25) is 4.99 Å². The van der Waals surface area contributed by atoms with E-state index >= 15 is 0 Å². The van der Waals surface area contributed by atoms with Crippen molar-refractivity contribution in [1.82, 2.24) is 25.4 Å². The lowest BCUT2D eigenvalue weighted by Gasteiger charge is -2.14. The van der Waals surface area contributed by atoms with Gasteiger partial charge in [-0.2, -0.15) is 0 Å². The monoisotopic (exact) mass is 238 g/mol. The second-order valence-corrected chi connectivity index (χ2v) is 4.09. The first-order chi connectivity index (χ1) is 8.17. The molecule has 0 saturated carbocycles. The summed E-state index contributed by atoms with van der Waals surface area (Å²) >= 11 is 0. The van der Waals surface area contributed by atoms with Crippen LogP contribution in [0.25, 0.3) is 0 Å². The van der Waals surface area contributed by atoms with Crippen molar-refractivity contribution < 1.29 is 0 Å². The van der Waals surface area contributed by atoms with Crippen molar-refractivity contribution in [1.29, 1.82) is 0 Å². The molecule has 6 heteroatoms. The molecule has 1 heterocycles. The Labute approximate surface area is 103 Å². The van der Waals surface area contributed by atoms with Crippen molar-refractivity contribution in [2.45, 2.75) is 39.8 Å². The minimum atomic E-state index is 0.377. The van der Waals surface area contributed by atoms with Crippen molar-refractivity contribution in [3.63, 3.8) is 0 Å². The third-order valence-corrected chi connectivity index (χ3v) is 2.31. The molecule has 0 aliphatic rings. The Hall–Kier alpha value is -1.59. The summed E-state index contributed by atoms with van der Waals surface area (Å²) in [6, 6.07) is 0.377. The van der Waals surface area contributed by atoms with Crippen LogP contribution in [0, 0.1) is 0 Å². The average molecular weight is 238 g/mol. The van der Waals surface area contributed by atoms with Crippen molar-refractivity contribution >= 4 is 5.96 Å². The molecule has 1 aromatic rings. The number of aromatic nitrogens is 3. The molecule has 6 nitrogen and oxygen atoms in total. The van der Waals surface area contributed by atoms with Gasteiger partial charge in [0.2, 0.25) is 0 Å². The normalized spacial score (nSPS) is 11.9. The predicted molar refractivity (Wildman–Crippen MR) is 69.0 cm³/mol. The number of hydrogen-bond acceptors (Lipinski definition) is 3. The van der Waals surface area contributed by atoms with Crippen molar-refractivity contribution in [3.8, 4) is 0 Å². The summed E-state index contributed by atoms with van der Waals surface area (Å²) in [5, 5.41) is 14.4. The third kappa shape index (κ3) is 4.42. The fraction of sp³-hybridized carbons (Fsp3) is 0.727. The zero-order chi connectivity index (χ0) is 12.7. The van der Waals surface area contributed by atoms with Gasteiger partial charge in [-0.15, -0.1) is 10.2 Å². The highest BCUT2D eigenvalue weighted by atomic mass is 15.3. The first kappa shape index (κ1) is 13.5. The molecule has 0 atom stereocenters. The molecule has 2 N–H and O–H groups in total. The molecule has 0 aliphatic heterocycles. The van der Waals surface area contributed by atoms with E-state index < -0.39 is 0 Å². The van der Waals surface area contributed by atoms with Crippen LogP contribution >= 0.6 is 0 Å². The average Bonchev–Trinajstić information content (AvgIpc) is 2.74. The van der Waals surface area contributed by atoms with Crippen LogP contribution < -0.4 is 10.6 Å². The summed E-state index contributed by atoms with van der Waals surface area (Å²) < 4.78 is 2.05.